The second-order valence-electron chi connectivity index (χ2n) is 4.88. The highest BCUT2D eigenvalue weighted by atomic mass is 35.5. The molecule has 0 saturated heterocycles. The third kappa shape index (κ3) is 4.91. The Morgan fingerprint density at radius 2 is 2.05 bits per heavy atom. The van der Waals surface area contributed by atoms with Crippen LogP contribution in [0.2, 0.25) is 0 Å². The molecule has 0 spiro atoms. The van der Waals surface area contributed by atoms with Crippen molar-refractivity contribution < 1.29 is 9.59 Å². The first-order chi connectivity index (χ1) is 8.93. The van der Waals surface area contributed by atoms with Crippen LogP contribution in [0.5, 0.6) is 0 Å². The summed E-state index contributed by atoms with van der Waals surface area (Å²) in [5.74, 6) is -0.0947. The molecule has 0 aliphatic carbocycles. The van der Waals surface area contributed by atoms with Crippen LogP contribution in [-0.4, -0.2) is 29.8 Å². The minimum atomic E-state index is -0.512. The Morgan fingerprint density at radius 3 is 2.58 bits per heavy atom. The minimum absolute atomic E-state index is 0.0673. The Hall–Kier alpha value is -1.55. The van der Waals surface area contributed by atoms with E-state index < -0.39 is 5.91 Å². The van der Waals surface area contributed by atoms with Crippen LogP contribution in [0.25, 0.3) is 0 Å². The van der Waals surface area contributed by atoms with Crippen LogP contribution in [0.15, 0.2) is 24.3 Å². The molecule has 0 atom stereocenters. The summed E-state index contributed by atoms with van der Waals surface area (Å²) in [4.78, 5) is 24.9. The highest BCUT2D eigenvalue weighted by Gasteiger charge is 2.18. The van der Waals surface area contributed by atoms with Crippen molar-refractivity contribution in [1.29, 1.82) is 0 Å². The molecule has 19 heavy (non-hydrogen) atoms. The Morgan fingerprint density at radius 1 is 1.37 bits per heavy atom. The topological polar surface area (TPSA) is 63.4 Å². The Labute approximate surface area is 118 Å². The highest BCUT2D eigenvalue weighted by Crippen LogP contribution is 2.11. The van der Waals surface area contributed by atoms with E-state index in [9.17, 15) is 9.59 Å². The fraction of sp³-hybridized carbons (Fsp3) is 0.429. The molecule has 0 aliphatic heterocycles. The van der Waals surface area contributed by atoms with Crippen LogP contribution in [0.4, 0.5) is 0 Å². The molecule has 0 heterocycles. The summed E-state index contributed by atoms with van der Waals surface area (Å²) < 4.78 is 0. The van der Waals surface area contributed by atoms with Crippen molar-refractivity contribution >= 4 is 23.4 Å². The van der Waals surface area contributed by atoms with Crippen molar-refractivity contribution in [3.63, 3.8) is 0 Å². The molecular weight excluding hydrogens is 264 g/mol. The van der Waals surface area contributed by atoms with Gasteiger partial charge < -0.3 is 10.6 Å². The third-order valence-electron chi connectivity index (χ3n) is 2.55. The zero-order valence-electron chi connectivity index (χ0n) is 11.2. The van der Waals surface area contributed by atoms with Gasteiger partial charge in [0.25, 0.3) is 5.91 Å². The zero-order valence-corrected chi connectivity index (χ0v) is 12.0. The quantitative estimate of drug-likeness (QED) is 0.811. The molecule has 0 aliphatic rings. The van der Waals surface area contributed by atoms with Crippen LogP contribution in [-0.2, 0) is 10.7 Å². The number of carbonyl (C=O) groups excluding carboxylic acids is 2. The number of hydrogen-bond donors (Lipinski definition) is 1. The molecule has 5 heteroatoms. The van der Waals surface area contributed by atoms with E-state index in [-0.39, 0.29) is 18.4 Å². The number of nitrogens with zero attached hydrogens (tertiary/aromatic N) is 1. The predicted octanol–water partition coefficient (Wildman–Crippen LogP) is 2.01. The molecule has 104 valence electrons. The SMILES string of the molecule is CC(C)CN(CC(N)=O)C(=O)c1cccc(CCl)c1. The van der Waals surface area contributed by atoms with E-state index in [0.29, 0.717) is 18.0 Å². The zero-order chi connectivity index (χ0) is 14.4. The molecule has 2 N–H and O–H groups in total. The van der Waals surface area contributed by atoms with Crippen LogP contribution < -0.4 is 5.73 Å². The van der Waals surface area contributed by atoms with Crippen LogP contribution in [0, 0.1) is 5.92 Å². The Bertz CT molecular complexity index is 461. The van der Waals surface area contributed by atoms with Crippen LogP contribution in [0.1, 0.15) is 29.8 Å². The van der Waals surface area contributed by atoms with Gasteiger partial charge in [0, 0.05) is 18.0 Å². The second-order valence-corrected chi connectivity index (χ2v) is 5.15. The van der Waals surface area contributed by atoms with Gasteiger partial charge >= 0.3 is 0 Å². The summed E-state index contributed by atoms with van der Waals surface area (Å²) >= 11 is 5.75. The van der Waals surface area contributed by atoms with Crippen molar-refractivity contribution in [2.45, 2.75) is 19.7 Å². The van der Waals surface area contributed by atoms with Crippen molar-refractivity contribution in [1.82, 2.24) is 4.90 Å². The first-order valence-electron chi connectivity index (χ1n) is 6.16. The molecule has 0 fully saturated rings. The molecule has 2 amide bonds. The summed E-state index contributed by atoms with van der Waals surface area (Å²) in [5, 5.41) is 0. The Balaban J connectivity index is 2.93. The summed E-state index contributed by atoms with van der Waals surface area (Å²) in [6.07, 6.45) is 0. The molecular formula is C14H19ClN2O2. The molecule has 0 saturated carbocycles. The lowest BCUT2D eigenvalue weighted by atomic mass is 10.1. The third-order valence-corrected chi connectivity index (χ3v) is 2.86. The van der Waals surface area contributed by atoms with Crippen LogP contribution in [0.3, 0.4) is 0 Å². The van der Waals surface area contributed by atoms with Crippen LogP contribution >= 0.6 is 11.6 Å². The van der Waals surface area contributed by atoms with Gasteiger partial charge in [0.05, 0.1) is 6.54 Å². The summed E-state index contributed by atoms with van der Waals surface area (Å²) in [6, 6.07) is 7.09. The van der Waals surface area contributed by atoms with E-state index in [0.717, 1.165) is 5.56 Å². The second kappa shape index (κ2) is 7.14. The Kier molecular flexibility index (Phi) is 5.83. The summed E-state index contributed by atoms with van der Waals surface area (Å²) in [5.41, 5.74) is 6.59. The van der Waals surface area contributed by atoms with Gasteiger partial charge in [0.1, 0.15) is 0 Å². The van der Waals surface area contributed by atoms with Gasteiger partial charge in [0.15, 0.2) is 0 Å². The van der Waals surface area contributed by atoms with Gasteiger partial charge in [-0.1, -0.05) is 26.0 Å². The summed E-state index contributed by atoms with van der Waals surface area (Å²) in [7, 11) is 0. The minimum Gasteiger partial charge on any atom is -0.368 e. The maximum atomic E-state index is 12.4. The molecule has 1 aromatic carbocycles. The lowest BCUT2D eigenvalue weighted by Gasteiger charge is -2.23. The van der Waals surface area contributed by atoms with Gasteiger partial charge in [-0.3, -0.25) is 9.59 Å². The van der Waals surface area contributed by atoms with E-state index in [1.54, 1.807) is 18.2 Å². The average molecular weight is 283 g/mol. The normalized spacial score (nSPS) is 10.5. The first-order valence-corrected chi connectivity index (χ1v) is 6.70. The number of benzene rings is 1. The molecule has 0 radical (unpaired) electrons. The number of alkyl halides is 1. The molecule has 0 aromatic heterocycles. The van der Waals surface area contributed by atoms with E-state index in [1.165, 1.54) is 4.90 Å². The van der Waals surface area contributed by atoms with Crippen molar-refractivity contribution in [3.05, 3.63) is 35.4 Å². The predicted molar refractivity (Wildman–Crippen MR) is 75.9 cm³/mol. The van der Waals surface area contributed by atoms with Gasteiger partial charge in [-0.25, -0.2) is 0 Å². The molecule has 1 aromatic rings. The standard InChI is InChI=1S/C14H19ClN2O2/c1-10(2)8-17(9-13(16)18)14(19)12-5-3-4-11(6-12)7-15/h3-6,10H,7-9H2,1-2H3,(H2,16,18). The largest absolute Gasteiger partial charge is 0.368 e. The fourth-order valence-electron chi connectivity index (χ4n) is 1.82. The summed E-state index contributed by atoms with van der Waals surface area (Å²) in [6.45, 7) is 4.39. The number of rotatable bonds is 6. The van der Waals surface area contributed by atoms with Crippen molar-refractivity contribution in [2.75, 3.05) is 13.1 Å². The number of halogens is 1. The first kappa shape index (κ1) is 15.5. The molecule has 0 unspecified atom stereocenters. The number of amides is 2. The molecule has 4 nitrogen and oxygen atoms in total. The molecule has 1 rings (SSSR count). The monoisotopic (exact) mass is 282 g/mol. The number of nitrogens with two attached hydrogens (primary N) is 1. The van der Waals surface area contributed by atoms with Gasteiger partial charge in [-0.15, -0.1) is 11.6 Å². The highest BCUT2D eigenvalue weighted by molar-refractivity contribution is 6.17. The number of carbonyl (C=O) groups is 2. The average Bonchev–Trinajstić information content (AvgIpc) is 2.36. The van der Waals surface area contributed by atoms with Gasteiger partial charge in [-0.05, 0) is 23.6 Å². The number of primary amides is 1. The fourth-order valence-corrected chi connectivity index (χ4v) is 1.98. The van der Waals surface area contributed by atoms with E-state index >= 15 is 0 Å². The van der Waals surface area contributed by atoms with E-state index in [1.807, 2.05) is 19.9 Å². The lowest BCUT2D eigenvalue weighted by molar-refractivity contribution is -0.118. The van der Waals surface area contributed by atoms with E-state index in [4.69, 9.17) is 17.3 Å². The lowest BCUT2D eigenvalue weighted by Crippen LogP contribution is -2.40. The smallest absolute Gasteiger partial charge is 0.254 e. The molecule has 0 bridgehead atoms. The van der Waals surface area contributed by atoms with Gasteiger partial charge in [0.2, 0.25) is 5.91 Å². The van der Waals surface area contributed by atoms with Crippen molar-refractivity contribution in [3.8, 4) is 0 Å². The maximum absolute atomic E-state index is 12.4. The van der Waals surface area contributed by atoms with Crippen molar-refractivity contribution in [2.24, 2.45) is 11.7 Å². The van der Waals surface area contributed by atoms with E-state index in [2.05, 4.69) is 0 Å². The maximum Gasteiger partial charge on any atom is 0.254 e. The number of hydrogen-bond acceptors (Lipinski definition) is 2. The van der Waals surface area contributed by atoms with Gasteiger partial charge in [-0.2, -0.15) is 0 Å².